The van der Waals surface area contributed by atoms with E-state index in [1.54, 1.807) is 18.2 Å². The fourth-order valence-electron chi connectivity index (χ4n) is 2.12. The van der Waals surface area contributed by atoms with Gasteiger partial charge in [-0.3, -0.25) is 4.79 Å². The van der Waals surface area contributed by atoms with Gasteiger partial charge in [-0.25, -0.2) is 0 Å². The summed E-state index contributed by atoms with van der Waals surface area (Å²) < 4.78 is 0.783. The molecule has 0 bridgehead atoms. The van der Waals surface area contributed by atoms with E-state index in [9.17, 15) is 4.79 Å². The molecule has 0 atom stereocenters. The minimum absolute atomic E-state index is 0.184. The molecule has 0 aliphatic heterocycles. The van der Waals surface area contributed by atoms with E-state index in [1.165, 1.54) is 0 Å². The summed E-state index contributed by atoms with van der Waals surface area (Å²) in [6.07, 6.45) is 0. The molecular formula is C16H18BrN3O. The first-order valence-electron chi connectivity index (χ1n) is 6.52. The molecule has 2 aromatic rings. The molecule has 5 heteroatoms. The average molecular weight is 348 g/mol. The minimum Gasteiger partial charge on any atom is -0.399 e. The van der Waals surface area contributed by atoms with Crippen LogP contribution in [0.3, 0.4) is 0 Å². The number of rotatable bonds is 3. The van der Waals surface area contributed by atoms with Crippen LogP contribution in [-0.2, 0) is 0 Å². The number of benzene rings is 2. The highest BCUT2D eigenvalue weighted by molar-refractivity contribution is 9.10. The first-order chi connectivity index (χ1) is 9.86. The van der Waals surface area contributed by atoms with Crippen molar-refractivity contribution >= 4 is 38.9 Å². The molecule has 0 heterocycles. The van der Waals surface area contributed by atoms with Gasteiger partial charge in [0.1, 0.15) is 0 Å². The molecule has 0 saturated heterocycles. The fourth-order valence-corrected chi connectivity index (χ4v) is 2.63. The fraction of sp³-hybridized carbons (Fsp3) is 0.188. The molecule has 0 radical (unpaired) electrons. The molecule has 0 fully saturated rings. The number of hydrogen-bond acceptors (Lipinski definition) is 3. The lowest BCUT2D eigenvalue weighted by Gasteiger charge is -2.17. The molecule has 0 unspecified atom stereocenters. The number of nitrogens with two attached hydrogens (primary N) is 1. The van der Waals surface area contributed by atoms with Crippen LogP contribution >= 0.6 is 15.9 Å². The lowest BCUT2D eigenvalue weighted by Crippen LogP contribution is -2.14. The molecule has 0 aliphatic carbocycles. The molecule has 3 N–H and O–H groups in total. The van der Waals surface area contributed by atoms with Gasteiger partial charge < -0.3 is 16.0 Å². The van der Waals surface area contributed by atoms with Crippen LogP contribution in [-0.4, -0.2) is 20.0 Å². The first kappa shape index (κ1) is 15.4. The van der Waals surface area contributed by atoms with Gasteiger partial charge in [-0.2, -0.15) is 0 Å². The maximum atomic E-state index is 12.3. The van der Waals surface area contributed by atoms with Crippen molar-refractivity contribution in [2.75, 3.05) is 30.0 Å². The topological polar surface area (TPSA) is 58.4 Å². The van der Waals surface area contributed by atoms with Crippen LogP contribution in [0, 0.1) is 6.92 Å². The van der Waals surface area contributed by atoms with E-state index >= 15 is 0 Å². The third-order valence-electron chi connectivity index (χ3n) is 3.13. The molecular weight excluding hydrogens is 330 g/mol. The molecule has 21 heavy (non-hydrogen) atoms. The second-order valence-corrected chi connectivity index (χ2v) is 6.04. The summed E-state index contributed by atoms with van der Waals surface area (Å²) in [6.45, 7) is 2.04. The van der Waals surface area contributed by atoms with Crippen molar-refractivity contribution in [2.24, 2.45) is 0 Å². The van der Waals surface area contributed by atoms with Crippen molar-refractivity contribution in [1.29, 1.82) is 0 Å². The smallest absolute Gasteiger partial charge is 0.255 e. The van der Waals surface area contributed by atoms with Crippen LogP contribution in [0.2, 0.25) is 0 Å². The monoisotopic (exact) mass is 347 g/mol. The molecule has 0 aliphatic rings. The molecule has 0 aromatic heterocycles. The number of anilines is 3. The van der Waals surface area contributed by atoms with Crippen LogP contribution < -0.4 is 16.0 Å². The summed E-state index contributed by atoms with van der Waals surface area (Å²) >= 11 is 3.34. The molecule has 1 amide bonds. The predicted molar refractivity (Wildman–Crippen MR) is 92.0 cm³/mol. The van der Waals surface area contributed by atoms with Crippen LogP contribution in [0.5, 0.6) is 0 Å². The van der Waals surface area contributed by atoms with E-state index in [-0.39, 0.29) is 5.91 Å². The number of amides is 1. The van der Waals surface area contributed by atoms with Crippen molar-refractivity contribution in [1.82, 2.24) is 0 Å². The summed E-state index contributed by atoms with van der Waals surface area (Å²) in [5.74, 6) is -0.184. The standard InChI is InChI=1S/C16H18BrN3O/c1-10-4-5-14(9-15(10)20(2)3)19-16(21)11-6-12(17)8-13(18)7-11/h4-9H,18H2,1-3H3,(H,19,21). The molecule has 2 aromatic carbocycles. The normalized spacial score (nSPS) is 10.3. The van der Waals surface area contributed by atoms with E-state index < -0.39 is 0 Å². The quantitative estimate of drug-likeness (QED) is 0.833. The van der Waals surface area contributed by atoms with Gasteiger partial charge in [0.25, 0.3) is 5.91 Å². The third kappa shape index (κ3) is 3.76. The maximum Gasteiger partial charge on any atom is 0.255 e. The highest BCUT2D eigenvalue weighted by atomic mass is 79.9. The Morgan fingerprint density at radius 1 is 1.19 bits per heavy atom. The van der Waals surface area contributed by atoms with Gasteiger partial charge in [0.15, 0.2) is 0 Å². The zero-order valence-corrected chi connectivity index (χ0v) is 13.9. The van der Waals surface area contributed by atoms with Gasteiger partial charge in [0, 0.05) is 41.2 Å². The van der Waals surface area contributed by atoms with Crippen molar-refractivity contribution < 1.29 is 4.79 Å². The third-order valence-corrected chi connectivity index (χ3v) is 3.59. The number of carbonyl (C=O) groups excluding carboxylic acids is 1. The van der Waals surface area contributed by atoms with E-state index in [1.807, 2.05) is 44.1 Å². The van der Waals surface area contributed by atoms with Gasteiger partial charge in [-0.05, 0) is 42.8 Å². The summed E-state index contributed by atoms with van der Waals surface area (Å²) in [4.78, 5) is 14.3. The highest BCUT2D eigenvalue weighted by Gasteiger charge is 2.09. The van der Waals surface area contributed by atoms with Gasteiger partial charge in [-0.15, -0.1) is 0 Å². The second kappa shape index (κ2) is 6.18. The van der Waals surface area contributed by atoms with Crippen LogP contribution in [0.25, 0.3) is 0 Å². The SMILES string of the molecule is Cc1ccc(NC(=O)c2cc(N)cc(Br)c2)cc1N(C)C. The number of nitrogens with zero attached hydrogens (tertiary/aromatic N) is 1. The number of nitrogen functional groups attached to an aromatic ring is 1. The van der Waals surface area contributed by atoms with Crippen molar-refractivity contribution in [3.8, 4) is 0 Å². The number of nitrogens with one attached hydrogen (secondary N) is 1. The Kier molecular flexibility index (Phi) is 4.53. The predicted octanol–water partition coefficient (Wildman–Crippen LogP) is 3.66. The maximum absolute atomic E-state index is 12.3. The number of aryl methyl sites for hydroxylation is 1. The Morgan fingerprint density at radius 2 is 1.90 bits per heavy atom. The average Bonchev–Trinajstić information content (AvgIpc) is 2.39. The Labute approximate surface area is 133 Å². The van der Waals surface area contributed by atoms with E-state index in [4.69, 9.17) is 5.73 Å². The molecule has 110 valence electrons. The molecule has 0 saturated carbocycles. The van der Waals surface area contributed by atoms with Crippen LogP contribution in [0.15, 0.2) is 40.9 Å². The van der Waals surface area contributed by atoms with Gasteiger partial charge in [-0.1, -0.05) is 22.0 Å². The van der Waals surface area contributed by atoms with Crippen molar-refractivity contribution in [3.05, 3.63) is 52.0 Å². The van der Waals surface area contributed by atoms with Crippen LogP contribution in [0.4, 0.5) is 17.1 Å². The number of carbonyl (C=O) groups is 1. The zero-order chi connectivity index (χ0) is 15.6. The lowest BCUT2D eigenvalue weighted by molar-refractivity contribution is 0.102. The first-order valence-corrected chi connectivity index (χ1v) is 7.31. The summed E-state index contributed by atoms with van der Waals surface area (Å²) in [5.41, 5.74) is 9.81. The Bertz CT molecular complexity index is 663. The van der Waals surface area contributed by atoms with Crippen molar-refractivity contribution in [3.63, 3.8) is 0 Å². The van der Waals surface area contributed by atoms with Gasteiger partial charge in [0.2, 0.25) is 0 Å². The molecule has 2 rings (SSSR count). The second-order valence-electron chi connectivity index (χ2n) is 5.12. The summed E-state index contributed by atoms with van der Waals surface area (Å²) in [7, 11) is 3.95. The zero-order valence-electron chi connectivity index (χ0n) is 12.3. The number of hydrogen-bond donors (Lipinski definition) is 2. The number of halogens is 1. The van der Waals surface area contributed by atoms with Crippen LogP contribution in [0.1, 0.15) is 15.9 Å². The Hall–Kier alpha value is -2.01. The van der Waals surface area contributed by atoms with E-state index in [0.29, 0.717) is 11.3 Å². The molecule has 0 spiro atoms. The van der Waals surface area contributed by atoms with E-state index in [0.717, 1.165) is 21.4 Å². The summed E-state index contributed by atoms with van der Waals surface area (Å²) in [6, 6.07) is 11.0. The Morgan fingerprint density at radius 3 is 2.52 bits per heavy atom. The minimum atomic E-state index is -0.184. The Balaban J connectivity index is 2.25. The summed E-state index contributed by atoms with van der Waals surface area (Å²) in [5, 5.41) is 2.89. The van der Waals surface area contributed by atoms with Gasteiger partial charge in [0.05, 0.1) is 0 Å². The largest absolute Gasteiger partial charge is 0.399 e. The van der Waals surface area contributed by atoms with E-state index in [2.05, 4.69) is 21.2 Å². The van der Waals surface area contributed by atoms with Gasteiger partial charge >= 0.3 is 0 Å². The lowest BCUT2D eigenvalue weighted by atomic mass is 10.1. The molecule has 4 nitrogen and oxygen atoms in total. The van der Waals surface area contributed by atoms with Crippen molar-refractivity contribution in [2.45, 2.75) is 6.92 Å². The highest BCUT2D eigenvalue weighted by Crippen LogP contribution is 2.24.